The van der Waals surface area contributed by atoms with Crippen molar-refractivity contribution < 1.29 is 9.53 Å². The molecule has 3 heteroatoms. The first kappa shape index (κ1) is 19.0. The molecule has 0 aliphatic rings. The lowest BCUT2D eigenvalue weighted by Crippen LogP contribution is -2.28. The zero-order valence-corrected chi connectivity index (χ0v) is 15.8. The van der Waals surface area contributed by atoms with Gasteiger partial charge in [0, 0.05) is 5.56 Å². The van der Waals surface area contributed by atoms with Crippen LogP contribution in [-0.4, -0.2) is 19.1 Å². The number of nitrogens with one attached hydrogen (secondary N) is 1. The van der Waals surface area contributed by atoms with Crippen molar-refractivity contribution in [1.29, 1.82) is 0 Å². The van der Waals surface area contributed by atoms with Crippen LogP contribution in [0.1, 0.15) is 55.6 Å². The molecule has 0 aromatic heterocycles. The highest BCUT2D eigenvalue weighted by molar-refractivity contribution is 5.94. The van der Waals surface area contributed by atoms with Crippen molar-refractivity contribution >= 4 is 5.91 Å². The second-order valence-corrected chi connectivity index (χ2v) is 7.33. The lowest BCUT2D eigenvalue weighted by molar-refractivity contribution is 0.0947. The van der Waals surface area contributed by atoms with Crippen LogP contribution in [0.2, 0.25) is 0 Å². The van der Waals surface area contributed by atoms with Crippen LogP contribution in [0.5, 0.6) is 5.75 Å². The Bertz CT molecular complexity index is 667. The zero-order valence-electron chi connectivity index (χ0n) is 15.8. The molecule has 0 aliphatic heterocycles. The minimum absolute atomic E-state index is 0.0673. The Balaban J connectivity index is 1.76. The molecule has 1 amide bonds. The largest absolute Gasteiger partial charge is 0.492 e. The number of hydrogen-bond donors (Lipinski definition) is 1. The van der Waals surface area contributed by atoms with Gasteiger partial charge in [-0.15, -0.1) is 0 Å². The number of aryl methyl sites for hydroxylation is 1. The normalized spacial score (nSPS) is 11.2. The molecule has 0 aliphatic carbocycles. The van der Waals surface area contributed by atoms with Crippen molar-refractivity contribution in [2.45, 2.75) is 46.0 Å². The molecule has 25 heavy (non-hydrogen) atoms. The third-order valence-corrected chi connectivity index (χ3v) is 4.13. The topological polar surface area (TPSA) is 38.3 Å². The fraction of sp³-hybridized carbons (Fsp3) is 0.409. The van der Waals surface area contributed by atoms with Crippen LogP contribution < -0.4 is 10.1 Å². The van der Waals surface area contributed by atoms with Crippen LogP contribution >= 0.6 is 0 Å². The number of amides is 1. The molecule has 134 valence electrons. The fourth-order valence-electron chi connectivity index (χ4n) is 2.60. The number of hydrogen-bond acceptors (Lipinski definition) is 2. The average Bonchev–Trinajstić information content (AvgIpc) is 2.59. The maximum atomic E-state index is 12.2. The van der Waals surface area contributed by atoms with Gasteiger partial charge in [0.15, 0.2) is 0 Å². The van der Waals surface area contributed by atoms with E-state index >= 15 is 0 Å². The van der Waals surface area contributed by atoms with E-state index in [1.54, 1.807) is 0 Å². The van der Waals surface area contributed by atoms with Gasteiger partial charge in [0.25, 0.3) is 5.91 Å². The van der Waals surface area contributed by atoms with E-state index in [1.165, 1.54) is 11.1 Å². The fourth-order valence-corrected chi connectivity index (χ4v) is 2.60. The zero-order chi connectivity index (χ0) is 18.3. The molecule has 0 saturated heterocycles. The Morgan fingerprint density at radius 3 is 2.20 bits per heavy atom. The summed E-state index contributed by atoms with van der Waals surface area (Å²) in [5.74, 6) is 0.769. The van der Waals surface area contributed by atoms with Crippen molar-refractivity contribution in [3.63, 3.8) is 0 Å². The molecule has 0 fully saturated rings. The standard InChI is InChI=1S/C22H29NO2/c1-5-6-17-7-13-20(14-8-17)25-16-15-23-21(24)18-9-11-19(12-10-18)22(2,3)4/h7-14H,5-6,15-16H2,1-4H3,(H,23,24). The Kier molecular flexibility index (Phi) is 6.63. The summed E-state index contributed by atoms with van der Waals surface area (Å²) in [4.78, 5) is 12.2. The highest BCUT2D eigenvalue weighted by Gasteiger charge is 2.14. The van der Waals surface area contributed by atoms with E-state index in [1.807, 2.05) is 36.4 Å². The molecular weight excluding hydrogens is 310 g/mol. The smallest absolute Gasteiger partial charge is 0.251 e. The van der Waals surface area contributed by atoms with Crippen LogP contribution in [0.4, 0.5) is 0 Å². The molecule has 0 heterocycles. The highest BCUT2D eigenvalue weighted by Crippen LogP contribution is 2.22. The molecule has 2 aromatic rings. The first-order valence-electron chi connectivity index (χ1n) is 9.00. The molecule has 0 atom stereocenters. The second kappa shape index (κ2) is 8.70. The Labute approximate surface area is 151 Å². The van der Waals surface area contributed by atoms with Crippen molar-refractivity contribution in [3.8, 4) is 5.75 Å². The van der Waals surface area contributed by atoms with Crippen molar-refractivity contribution in [2.24, 2.45) is 0 Å². The van der Waals surface area contributed by atoms with E-state index in [2.05, 4.69) is 45.1 Å². The van der Waals surface area contributed by atoms with Gasteiger partial charge in [-0.2, -0.15) is 0 Å². The average molecular weight is 339 g/mol. The van der Waals surface area contributed by atoms with Gasteiger partial charge in [0.2, 0.25) is 0 Å². The molecule has 3 nitrogen and oxygen atoms in total. The summed E-state index contributed by atoms with van der Waals surface area (Å²) in [7, 11) is 0. The quantitative estimate of drug-likeness (QED) is 0.740. The number of carbonyl (C=O) groups excluding carboxylic acids is 1. The summed E-state index contributed by atoms with van der Waals surface area (Å²) in [6.45, 7) is 9.59. The first-order valence-corrected chi connectivity index (χ1v) is 9.00. The minimum atomic E-state index is -0.0673. The number of rotatable bonds is 7. The van der Waals surface area contributed by atoms with Gasteiger partial charge in [-0.25, -0.2) is 0 Å². The van der Waals surface area contributed by atoms with Gasteiger partial charge in [0.05, 0.1) is 6.54 Å². The van der Waals surface area contributed by atoms with Gasteiger partial charge in [-0.1, -0.05) is 58.4 Å². The third-order valence-electron chi connectivity index (χ3n) is 4.13. The molecule has 2 rings (SSSR count). The summed E-state index contributed by atoms with van der Waals surface area (Å²) in [6.07, 6.45) is 2.23. The molecule has 1 N–H and O–H groups in total. The van der Waals surface area contributed by atoms with E-state index in [4.69, 9.17) is 4.74 Å². The van der Waals surface area contributed by atoms with Gasteiger partial charge in [0.1, 0.15) is 12.4 Å². The van der Waals surface area contributed by atoms with Crippen LogP contribution in [0.25, 0.3) is 0 Å². The molecule has 0 radical (unpaired) electrons. The van der Waals surface area contributed by atoms with E-state index in [9.17, 15) is 4.79 Å². The second-order valence-electron chi connectivity index (χ2n) is 7.33. The third kappa shape index (κ3) is 5.93. The van der Waals surface area contributed by atoms with E-state index < -0.39 is 0 Å². The van der Waals surface area contributed by atoms with Crippen molar-refractivity contribution in [2.75, 3.05) is 13.2 Å². The monoisotopic (exact) mass is 339 g/mol. The van der Waals surface area contributed by atoms with Crippen LogP contribution in [0, 0.1) is 0 Å². The summed E-state index contributed by atoms with van der Waals surface area (Å²) >= 11 is 0. The van der Waals surface area contributed by atoms with E-state index in [0.29, 0.717) is 18.7 Å². The molecule has 0 bridgehead atoms. The summed E-state index contributed by atoms with van der Waals surface area (Å²) < 4.78 is 5.67. The van der Waals surface area contributed by atoms with Crippen LogP contribution in [0.15, 0.2) is 48.5 Å². The lowest BCUT2D eigenvalue weighted by atomic mass is 9.87. The number of benzene rings is 2. The molecular formula is C22H29NO2. The van der Waals surface area contributed by atoms with Crippen molar-refractivity contribution in [1.82, 2.24) is 5.32 Å². The first-order chi connectivity index (χ1) is 11.9. The maximum Gasteiger partial charge on any atom is 0.251 e. The lowest BCUT2D eigenvalue weighted by Gasteiger charge is -2.19. The summed E-state index contributed by atoms with van der Waals surface area (Å²) in [5.41, 5.74) is 3.31. The van der Waals surface area contributed by atoms with E-state index in [0.717, 1.165) is 18.6 Å². The predicted molar refractivity (Wildman–Crippen MR) is 103 cm³/mol. The molecule has 2 aromatic carbocycles. The summed E-state index contributed by atoms with van der Waals surface area (Å²) in [5, 5.41) is 2.90. The molecule has 0 saturated carbocycles. The SMILES string of the molecule is CCCc1ccc(OCCNC(=O)c2ccc(C(C)(C)C)cc2)cc1. The molecule has 0 unspecified atom stereocenters. The van der Waals surface area contributed by atoms with Gasteiger partial charge < -0.3 is 10.1 Å². The van der Waals surface area contributed by atoms with Gasteiger partial charge in [-0.3, -0.25) is 4.79 Å². The van der Waals surface area contributed by atoms with Gasteiger partial charge in [-0.05, 0) is 47.2 Å². The predicted octanol–water partition coefficient (Wildman–Crippen LogP) is 4.75. The Morgan fingerprint density at radius 1 is 1.00 bits per heavy atom. The Morgan fingerprint density at radius 2 is 1.64 bits per heavy atom. The maximum absolute atomic E-state index is 12.2. The van der Waals surface area contributed by atoms with Gasteiger partial charge >= 0.3 is 0 Å². The Hall–Kier alpha value is -2.29. The number of carbonyl (C=O) groups is 1. The van der Waals surface area contributed by atoms with E-state index in [-0.39, 0.29) is 11.3 Å². The van der Waals surface area contributed by atoms with Crippen molar-refractivity contribution in [3.05, 3.63) is 65.2 Å². The van der Waals surface area contributed by atoms with Crippen LogP contribution in [-0.2, 0) is 11.8 Å². The number of ether oxygens (including phenoxy) is 1. The summed E-state index contributed by atoms with van der Waals surface area (Å²) in [6, 6.07) is 15.9. The van der Waals surface area contributed by atoms with Crippen LogP contribution in [0.3, 0.4) is 0 Å². The highest BCUT2D eigenvalue weighted by atomic mass is 16.5. The molecule has 0 spiro atoms. The minimum Gasteiger partial charge on any atom is -0.492 e.